The van der Waals surface area contributed by atoms with Crippen LogP contribution in [0.1, 0.15) is 25.7 Å². The molecule has 0 saturated carbocycles. The second-order valence-electron chi connectivity index (χ2n) is 4.54. The molecule has 2 aromatic heterocycles. The first-order chi connectivity index (χ1) is 10.3. The molecule has 0 aliphatic heterocycles. The number of H-pyrrole nitrogens is 1. The van der Waals surface area contributed by atoms with Gasteiger partial charge >= 0.3 is 5.97 Å². The summed E-state index contributed by atoms with van der Waals surface area (Å²) in [6, 6.07) is 0. The van der Waals surface area contributed by atoms with Gasteiger partial charge < -0.3 is 15.0 Å². The minimum absolute atomic E-state index is 0.357. The molecular formula is C14H19N5O2. The van der Waals surface area contributed by atoms with Gasteiger partial charge in [-0.1, -0.05) is 13.0 Å². The Balaban J connectivity index is 1.59. The number of carbonyl (C=O) groups is 1. The molecule has 2 heterocycles. The van der Waals surface area contributed by atoms with E-state index in [0.29, 0.717) is 12.3 Å². The molecule has 0 aliphatic carbocycles. The predicted octanol–water partition coefficient (Wildman–Crippen LogP) is 2.05. The Morgan fingerprint density at radius 3 is 3.00 bits per heavy atom. The first-order valence-corrected chi connectivity index (χ1v) is 6.98. The van der Waals surface area contributed by atoms with E-state index >= 15 is 0 Å². The van der Waals surface area contributed by atoms with Crippen LogP contribution >= 0.6 is 0 Å². The lowest BCUT2D eigenvalue weighted by Crippen LogP contribution is -2.05. The predicted molar refractivity (Wildman–Crippen MR) is 79.8 cm³/mol. The Labute approximate surface area is 122 Å². The SMILES string of the molecule is C=CC(=O)OCCCCCCNc1ncnc2nc[nH]c12. The smallest absolute Gasteiger partial charge is 0.330 e. The fourth-order valence-electron chi connectivity index (χ4n) is 1.92. The van der Waals surface area contributed by atoms with Crippen LogP contribution in [0, 0.1) is 0 Å². The highest BCUT2D eigenvalue weighted by Crippen LogP contribution is 2.14. The number of nitrogens with zero attached hydrogens (tertiary/aromatic N) is 3. The normalized spacial score (nSPS) is 10.5. The van der Waals surface area contributed by atoms with Crippen molar-refractivity contribution in [3.63, 3.8) is 0 Å². The highest BCUT2D eigenvalue weighted by atomic mass is 16.5. The monoisotopic (exact) mass is 289 g/mol. The topological polar surface area (TPSA) is 92.8 Å². The molecule has 7 heteroatoms. The summed E-state index contributed by atoms with van der Waals surface area (Å²) in [5, 5.41) is 3.27. The summed E-state index contributed by atoms with van der Waals surface area (Å²) >= 11 is 0. The van der Waals surface area contributed by atoms with Crippen LogP contribution < -0.4 is 5.32 Å². The van der Waals surface area contributed by atoms with Crippen molar-refractivity contribution in [3.05, 3.63) is 25.3 Å². The van der Waals surface area contributed by atoms with E-state index in [9.17, 15) is 4.79 Å². The minimum Gasteiger partial charge on any atom is -0.463 e. The Kier molecular flexibility index (Phi) is 5.69. The Morgan fingerprint density at radius 2 is 2.14 bits per heavy atom. The van der Waals surface area contributed by atoms with Crippen LogP contribution in [0.4, 0.5) is 5.82 Å². The summed E-state index contributed by atoms with van der Waals surface area (Å²) in [5.41, 5.74) is 1.49. The Bertz CT molecular complexity index is 596. The number of fused-ring (bicyclic) bond motifs is 1. The van der Waals surface area contributed by atoms with Gasteiger partial charge in [-0.3, -0.25) is 0 Å². The van der Waals surface area contributed by atoms with Crippen molar-refractivity contribution < 1.29 is 9.53 Å². The number of unbranched alkanes of at least 4 members (excludes halogenated alkanes) is 3. The zero-order valence-electron chi connectivity index (χ0n) is 11.8. The number of imidazole rings is 1. The van der Waals surface area contributed by atoms with Crippen LogP contribution in [0.5, 0.6) is 0 Å². The van der Waals surface area contributed by atoms with Gasteiger partial charge in [0, 0.05) is 12.6 Å². The fraction of sp³-hybridized carbons (Fsp3) is 0.429. The maximum Gasteiger partial charge on any atom is 0.330 e. The summed E-state index contributed by atoms with van der Waals surface area (Å²) < 4.78 is 4.91. The van der Waals surface area contributed by atoms with Crippen molar-refractivity contribution in [3.8, 4) is 0 Å². The third-order valence-corrected chi connectivity index (χ3v) is 3.00. The number of esters is 1. The molecule has 0 fully saturated rings. The molecular weight excluding hydrogens is 270 g/mol. The number of anilines is 1. The Morgan fingerprint density at radius 1 is 1.29 bits per heavy atom. The van der Waals surface area contributed by atoms with E-state index in [2.05, 4.69) is 31.8 Å². The third-order valence-electron chi connectivity index (χ3n) is 3.00. The highest BCUT2D eigenvalue weighted by molar-refractivity contribution is 5.82. The number of aromatic amines is 1. The maximum atomic E-state index is 10.8. The summed E-state index contributed by atoms with van der Waals surface area (Å²) in [4.78, 5) is 26.2. The number of aromatic nitrogens is 4. The number of nitrogens with one attached hydrogen (secondary N) is 2. The molecule has 0 unspecified atom stereocenters. The van der Waals surface area contributed by atoms with Crippen molar-refractivity contribution in [1.29, 1.82) is 0 Å². The molecule has 7 nitrogen and oxygen atoms in total. The minimum atomic E-state index is -0.357. The molecule has 112 valence electrons. The molecule has 2 aromatic rings. The van der Waals surface area contributed by atoms with Crippen molar-refractivity contribution in [1.82, 2.24) is 19.9 Å². The fourth-order valence-corrected chi connectivity index (χ4v) is 1.92. The average Bonchev–Trinajstić information content (AvgIpc) is 2.98. The molecule has 0 aromatic carbocycles. The molecule has 2 rings (SSSR count). The molecule has 0 aliphatic rings. The standard InChI is InChI=1S/C14H19N5O2/c1-2-11(20)21-8-6-4-3-5-7-15-13-12-14(17-9-16-12)19-10-18-13/h2,9-10H,1,3-8H2,(H2,15,16,17,18,19). The first kappa shape index (κ1) is 15.0. The highest BCUT2D eigenvalue weighted by Gasteiger charge is 2.04. The largest absolute Gasteiger partial charge is 0.463 e. The maximum absolute atomic E-state index is 10.8. The summed E-state index contributed by atoms with van der Waals surface area (Å²) in [6.07, 6.45) is 8.27. The zero-order chi connectivity index (χ0) is 14.9. The number of hydrogen-bond donors (Lipinski definition) is 2. The van der Waals surface area contributed by atoms with Gasteiger partial charge in [0.05, 0.1) is 12.9 Å². The van der Waals surface area contributed by atoms with Crippen LogP contribution in [-0.2, 0) is 9.53 Å². The number of carbonyl (C=O) groups excluding carboxylic acids is 1. The molecule has 0 spiro atoms. The summed E-state index contributed by atoms with van der Waals surface area (Å²) in [6.45, 7) is 4.63. The molecule has 0 radical (unpaired) electrons. The van der Waals surface area contributed by atoms with Gasteiger partial charge in [-0.2, -0.15) is 0 Å². The number of ether oxygens (including phenoxy) is 1. The second kappa shape index (κ2) is 7.98. The lowest BCUT2D eigenvalue weighted by Gasteiger charge is -2.06. The lowest BCUT2D eigenvalue weighted by molar-refractivity contribution is -0.137. The summed E-state index contributed by atoms with van der Waals surface area (Å²) in [5.74, 6) is 0.418. The Hall–Kier alpha value is -2.44. The quantitative estimate of drug-likeness (QED) is 0.417. The van der Waals surface area contributed by atoms with Crippen LogP contribution in [0.15, 0.2) is 25.3 Å². The van der Waals surface area contributed by atoms with Crippen molar-refractivity contribution >= 4 is 23.0 Å². The van der Waals surface area contributed by atoms with E-state index in [1.807, 2.05) is 0 Å². The first-order valence-electron chi connectivity index (χ1n) is 6.98. The zero-order valence-corrected chi connectivity index (χ0v) is 11.8. The summed E-state index contributed by atoms with van der Waals surface area (Å²) in [7, 11) is 0. The van der Waals surface area contributed by atoms with Crippen molar-refractivity contribution in [2.45, 2.75) is 25.7 Å². The van der Waals surface area contributed by atoms with Crippen LogP contribution in [0.25, 0.3) is 11.2 Å². The molecule has 0 bridgehead atoms. The van der Waals surface area contributed by atoms with E-state index in [0.717, 1.165) is 43.6 Å². The molecule has 0 amide bonds. The van der Waals surface area contributed by atoms with Crippen molar-refractivity contribution in [2.24, 2.45) is 0 Å². The molecule has 21 heavy (non-hydrogen) atoms. The average molecular weight is 289 g/mol. The second-order valence-corrected chi connectivity index (χ2v) is 4.54. The van der Waals surface area contributed by atoms with Crippen LogP contribution in [-0.4, -0.2) is 39.1 Å². The van der Waals surface area contributed by atoms with Crippen LogP contribution in [0.3, 0.4) is 0 Å². The van der Waals surface area contributed by atoms with E-state index in [1.54, 1.807) is 6.33 Å². The number of rotatable bonds is 9. The van der Waals surface area contributed by atoms with Crippen LogP contribution in [0.2, 0.25) is 0 Å². The van der Waals surface area contributed by atoms with Crippen molar-refractivity contribution in [2.75, 3.05) is 18.5 Å². The molecule has 0 atom stereocenters. The van der Waals surface area contributed by atoms with Gasteiger partial charge in [0.2, 0.25) is 0 Å². The number of hydrogen-bond acceptors (Lipinski definition) is 6. The lowest BCUT2D eigenvalue weighted by atomic mass is 10.2. The third kappa shape index (κ3) is 4.55. The van der Waals surface area contributed by atoms with E-state index in [-0.39, 0.29) is 5.97 Å². The van der Waals surface area contributed by atoms with Gasteiger partial charge in [0.1, 0.15) is 11.8 Å². The van der Waals surface area contributed by atoms with E-state index in [4.69, 9.17) is 4.74 Å². The van der Waals surface area contributed by atoms with E-state index < -0.39 is 0 Å². The van der Waals surface area contributed by atoms with Gasteiger partial charge in [-0.25, -0.2) is 19.7 Å². The van der Waals surface area contributed by atoms with Gasteiger partial charge in [-0.15, -0.1) is 0 Å². The molecule has 2 N–H and O–H groups in total. The van der Waals surface area contributed by atoms with E-state index in [1.165, 1.54) is 12.4 Å². The van der Waals surface area contributed by atoms with Gasteiger partial charge in [0.15, 0.2) is 11.5 Å². The van der Waals surface area contributed by atoms with Gasteiger partial charge in [-0.05, 0) is 19.3 Å². The molecule has 0 saturated heterocycles. The van der Waals surface area contributed by atoms with Gasteiger partial charge in [0.25, 0.3) is 0 Å².